The van der Waals surface area contributed by atoms with E-state index in [4.69, 9.17) is 4.74 Å². The molecule has 5 heteroatoms. The predicted molar refractivity (Wildman–Crippen MR) is 66.9 cm³/mol. The molecule has 0 fully saturated rings. The molecule has 1 aliphatic heterocycles. The van der Waals surface area contributed by atoms with Gasteiger partial charge in [0.15, 0.2) is 11.9 Å². The Labute approximate surface area is 104 Å². The van der Waals surface area contributed by atoms with E-state index in [1.165, 1.54) is 0 Å². The molecule has 1 atom stereocenters. The van der Waals surface area contributed by atoms with Gasteiger partial charge < -0.3 is 14.6 Å². The Balaban J connectivity index is 1.84. The number of anilines is 1. The Kier molecular flexibility index (Phi) is 2.51. The first-order valence-electron chi connectivity index (χ1n) is 5.77. The molecule has 92 valence electrons. The summed E-state index contributed by atoms with van der Waals surface area (Å²) in [5.41, 5.74) is 0.918. The van der Waals surface area contributed by atoms with E-state index >= 15 is 0 Å². The summed E-state index contributed by atoms with van der Waals surface area (Å²) in [6.45, 7) is 0.461. The first-order valence-corrected chi connectivity index (χ1v) is 5.77. The van der Waals surface area contributed by atoms with Crippen molar-refractivity contribution in [3.05, 3.63) is 42.5 Å². The van der Waals surface area contributed by atoms with Crippen molar-refractivity contribution in [3.63, 3.8) is 0 Å². The van der Waals surface area contributed by atoms with Crippen molar-refractivity contribution in [1.29, 1.82) is 0 Å². The molecule has 1 aromatic carbocycles. The van der Waals surface area contributed by atoms with Crippen LogP contribution in [0, 0.1) is 0 Å². The Morgan fingerprint density at radius 2 is 2.33 bits per heavy atom. The van der Waals surface area contributed by atoms with E-state index in [0.29, 0.717) is 18.1 Å². The number of ketones is 1. The number of aryl methyl sites for hydroxylation is 1. The van der Waals surface area contributed by atoms with Gasteiger partial charge in [0.2, 0.25) is 5.78 Å². The maximum Gasteiger partial charge on any atom is 0.240 e. The maximum atomic E-state index is 12.2. The monoisotopic (exact) mass is 243 g/mol. The van der Waals surface area contributed by atoms with Crippen molar-refractivity contribution in [2.45, 2.75) is 6.10 Å². The van der Waals surface area contributed by atoms with Crippen LogP contribution in [0.5, 0.6) is 5.75 Å². The lowest BCUT2D eigenvalue weighted by Gasteiger charge is -2.26. The smallest absolute Gasteiger partial charge is 0.240 e. The van der Waals surface area contributed by atoms with Crippen molar-refractivity contribution in [3.8, 4) is 5.75 Å². The number of benzene rings is 1. The highest BCUT2D eigenvalue weighted by atomic mass is 16.5. The number of rotatable bonds is 2. The Bertz CT molecular complexity index is 591. The van der Waals surface area contributed by atoms with Crippen LogP contribution >= 0.6 is 0 Å². The summed E-state index contributed by atoms with van der Waals surface area (Å²) in [6.07, 6.45) is 2.83. The van der Waals surface area contributed by atoms with Gasteiger partial charge in [-0.05, 0) is 12.1 Å². The summed E-state index contributed by atoms with van der Waals surface area (Å²) in [7, 11) is 1.80. The molecule has 2 aromatic rings. The molecule has 18 heavy (non-hydrogen) atoms. The molecule has 1 unspecified atom stereocenters. The zero-order chi connectivity index (χ0) is 12.5. The minimum Gasteiger partial charge on any atom is -0.478 e. The fraction of sp³-hybridized carbons (Fsp3) is 0.231. The molecule has 3 rings (SSSR count). The lowest BCUT2D eigenvalue weighted by molar-refractivity contribution is 0.0787. The second-order valence-electron chi connectivity index (χ2n) is 4.21. The third-order valence-corrected chi connectivity index (χ3v) is 2.97. The molecule has 0 saturated carbocycles. The molecule has 0 radical (unpaired) electrons. The van der Waals surface area contributed by atoms with Gasteiger partial charge in [0.1, 0.15) is 5.75 Å². The number of nitrogens with zero attached hydrogens (tertiary/aromatic N) is 2. The van der Waals surface area contributed by atoms with E-state index in [9.17, 15) is 4.79 Å². The standard InChI is InChI=1S/C13H13N3O2/c1-16-7-6-14-13(16)12(17)11-8-15-9-4-2-3-5-10(9)18-11/h2-7,11,15H,8H2,1H3. The van der Waals surface area contributed by atoms with E-state index in [0.717, 1.165) is 5.69 Å². The first kappa shape index (κ1) is 10.8. The second kappa shape index (κ2) is 4.18. The minimum atomic E-state index is -0.527. The molecule has 0 spiro atoms. The third-order valence-electron chi connectivity index (χ3n) is 2.97. The van der Waals surface area contributed by atoms with Crippen LogP contribution in [0.2, 0.25) is 0 Å². The van der Waals surface area contributed by atoms with Gasteiger partial charge >= 0.3 is 0 Å². The van der Waals surface area contributed by atoms with Crippen LogP contribution in [0.4, 0.5) is 5.69 Å². The van der Waals surface area contributed by atoms with Crippen LogP contribution in [-0.2, 0) is 7.05 Å². The van der Waals surface area contributed by atoms with Gasteiger partial charge in [-0.25, -0.2) is 4.98 Å². The highest BCUT2D eigenvalue weighted by Gasteiger charge is 2.28. The van der Waals surface area contributed by atoms with E-state index in [2.05, 4.69) is 10.3 Å². The quantitative estimate of drug-likeness (QED) is 0.812. The zero-order valence-corrected chi connectivity index (χ0v) is 9.96. The number of ether oxygens (including phenoxy) is 1. The van der Waals surface area contributed by atoms with Crippen LogP contribution in [0.25, 0.3) is 0 Å². The molecule has 1 aliphatic rings. The summed E-state index contributed by atoms with van der Waals surface area (Å²) in [6, 6.07) is 7.58. The molecule has 5 nitrogen and oxygen atoms in total. The number of aromatic nitrogens is 2. The van der Waals surface area contributed by atoms with Gasteiger partial charge in [-0.3, -0.25) is 4.79 Å². The second-order valence-corrected chi connectivity index (χ2v) is 4.21. The maximum absolute atomic E-state index is 12.2. The summed E-state index contributed by atoms with van der Waals surface area (Å²) >= 11 is 0. The molecule has 2 heterocycles. The number of hydrogen-bond donors (Lipinski definition) is 1. The van der Waals surface area contributed by atoms with Crippen molar-refractivity contribution in [1.82, 2.24) is 9.55 Å². The average molecular weight is 243 g/mol. The van der Waals surface area contributed by atoms with E-state index in [-0.39, 0.29) is 5.78 Å². The summed E-state index contributed by atoms with van der Waals surface area (Å²) < 4.78 is 7.41. The van der Waals surface area contributed by atoms with Crippen LogP contribution < -0.4 is 10.1 Å². The highest BCUT2D eigenvalue weighted by Crippen LogP contribution is 2.28. The molecule has 0 saturated heterocycles. The molecule has 0 amide bonds. The van der Waals surface area contributed by atoms with E-state index in [1.54, 1.807) is 24.0 Å². The van der Waals surface area contributed by atoms with Gasteiger partial charge in [-0.15, -0.1) is 0 Å². The largest absolute Gasteiger partial charge is 0.478 e. The lowest BCUT2D eigenvalue weighted by Crippen LogP contribution is -2.38. The number of Topliss-reactive ketones (excluding diaryl/α,β-unsaturated/α-hetero) is 1. The van der Waals surface area contributed by atoms with Gasteiger partial charge in [0.05, 0.1) is 12.2 Å². The summed E-state index contributed by atoms with van der Waals surface area (Å²) in [4.78, 5) is 16.3. The Morgan fingerprint density at radius 1 is 1.50 bits per heavy atom. The fourth-order valence-corrected chi connectivity index (χ4v) is 2.01. The van der Waals surface area contributed by atoms with E-state index in [1.807, 2.05) is 24.3 Å². The molecule has 1 aromatic heterocycles. The predicted octanol–water partition coefficient (Wildman–Crippen LogP) is 1.48. The SMILES string of the molecule is Cn1ccnc1C(=O)C1CNc2ccccc2O1. The van der Waals surface area contributed by atoms with Crippen LogP contribution in [0.1, 0.15) is 10.6 Å². The number of nitrogens with one attached hydrogen (secondary N) is 1. The van der Waals surface area contributed by atoms with Crippen LogP contribution in [0.15, 0.2) is 36.7 Å². The third kappa shape index (κ3) is 1.73. The van der Waals surface area contributed by atoms with E-state index < -0.39 is 6.10 Å². The van der Waals surface area contributed by atoms with Crippen molar-refractivity contribution in [2.24, 2.45) is 7.05 Å². The van der Waals surface area contributed by atoms with Gasteiger partial charge in [0, 0.05) is 19.4 Å². The Morgan fingerprint density at radius 3 is 3.11 bits per heavy atom. The molecule has 0 bridgehead atoms. The number of carbonyl (C=O) groups excluding carboxylic acids is 1. The lowest BCUT2D eigenvalue weighted by atomic mass is 10.1. The molecule has 1 N–H and O–H groups in total. The van der Waals surface area contributed by atoms with Crippen molar-refractivity contribution < 1.29 is 9.53 Å². The minimum absolute atomic E-state index is 0.107. The topological polar surface area (TPSA) is 56.2 Å². The van der Waals surface area contributed by atoms with Crippen LogP contribution in [0.3, 0.4) is 0 Å². The van der Waals surface area contributed by atoms with Gasteiger partial charge in [0.25, 0.3) is 0 Å². The van der Waals surface area contributed by atoms with Crippen LogP contribution in [-0.4, -0.2) is 28.0 Å². The summed E-state index contributed by atoms with van der Waals surface area (Å²) in [5.74, 6) is 1.02. The van der Waals surface area contributed by atoms with Crippen molar-refractivity contribution in [2.75, 3.05) is 11.9 Å². The average Bonchev–Trinajstić information content (AvgIpc) is 2.83. The normalized spacial score (nSPS) is 17.5. The number of imidazole rings is 1. The molecular formula is C13H13N3O2. The highest BCUT2D eigenvalue weighted by molar-refractivity contribution is 5.97. The zero-order valence-electron chi connectivity index (χ0n) is 9.96. The Hall–Kier alpha value is -2.30. The fourth-order valence-electron chi connectivity index (χ4n) is 2.01. The van der Waals surface area contributed by atoms with Gasteiger partial charge in [-0.2, -0.15) is 0 Å². The molecule has 0 aliphatic carbocycles. The number of para-hydroxylation sites is 2. The van der Waals surface area contributed by atoms with Crippen molar-refractivity contribution >= 4 is 11.5 Å². The first-order chi connectivity index (χ1) is 8.75. The summed E-state index contributed by atoms with van der Waals surface area (Å²) in [5, 5.41) is 3.19. The van der Waals surface area contributed by atoms with Gasteiger partial charge in [-0.1, -0.05) is 12.1 Å². The number of carbonyl (C=O) groups is 1. The molecular weight excluding hydrogens is 230 g/mol. The number of fused-ring (bicyclic) bond motifs is 1. The number of hydrogen-bond acceptors (Lipinski definition) is 4.